The van der Waals surface area contributed by atoms with Crippen molar-refractivity contribution in [3.05, 3.63) is 0 Å². The second-order valence-corrected chi connectivity index (χ2v) is 7.33. The summed E-state index contributed by atoms with van der Waals surface area (Å²) in [4.78, 5) is 69.5. The van der Waals surface area contributed by atoms with E-state index in [0.29, 0.717) is 0 Å². The van der Waals surface area contributed by atoms with Crippen LogP contribution in [0.3, 0.4) is 0 Å². The van der Waals surface area contributed by atoms with E-state index in [-0.39, 0.29) is 18.8 Å². The smallest absolute Gasteiger partial charge is 0.326 e. The number of carbonyl (C=O) groups is 6. The second-order valence-electron chi connectivity index (χ2n) is 7.33. The number of carbonyl (C=O) groups excluding carboxylic acids is 3. The Morgan fingerprint density at radius 3 is 1.58 bits per heavy atom. The van der Waals surface area contributed by atoms with Gasteiger partial charge >= 0.3 is 17.9 Å². The van der Waals surface area contributed by atoms with Gasteiger partial charge in [-0.3, -0.25) is 24.0 Å². The summed E-state index contributed by atoms with van der Waals surface area (Å²) in [5, 5.41) is 33.4. The molecule has 0 aromatic rings. The van der Waals surface area contributed by atoms with Crippen LogP contribution in [0.4, 0.5) is 0 Å². The lowest BCUT2D eigenvalue weighted by atomic mass is 10.0. The maximum atomic E-state index is 12.5. The van der Waals surface area contributed by atoms with Crippen molar-refractivity contribution in [3.8, 4) is 0 Å². The molecular weight excluding hydrogens is 416 g/mol. The van der Waals surface area contributed by atoms with Gasteiger partial charge in [-0.05, 0) is 25.7 Å². The fraction of sp³-hybridized carbons (Fsp3) is 0.667. The highest BCUT2D eigenvalue weighted by molar-refractivity contribution is 5.94. The Bertz CT molecular complexity index is 696. The van der Waals surface area contributed by atoms with E-state index in [2.05, 4.69) is 16.0 Å². The Morgan fingerprint density at radius 1 is 0.710 bits per heavy atom. The van der Waals surface area contributed by atoms with Crippen LogP contribution in [0, 0.1) is 5.92 Å². The molecule has 3 amide bonds. The minimum Gasteiger partial charge on any atom is -0.481 e. The first kappa shape index (κ1) is 27.8. The number of aliphatic carboxylic acids is 3. The van der Waals surface area contributed by atoms with E-state index in [1.807, 2.05) is 0 Å². The van der Waals surface area contributed by atoms with E-state index >= 15 is 0 Å². The molecule has 0 aliphatic carbocycles. The molecule has 176 valence electrons. The summed E-state index contributed by atoms with van der Waals surface area (Å²) >= 11 is 0. The maximum Gasteiger partial charge on any atom is 0.326 e. The SMILES string of the molecule is CC(C)[C@H](N)C(=O)N[C@@H](CCC(=O)O)C(=O)N[C@@H](C)C(=O)N[C@@H](CCC(=O)O)C(=O)O. The van der Waals surface area contributed by atoms with Crippen LogP contribution in [0.1, 0.15) is 46.5 Å². The van der Waals surface area contributed by atoms with Crippen LogP contribution >= 0.6 is 0 Å². The maximum absolute atomic E-state index is 12.5. The van der Waals surface area contributed by atoms with Gasteiger partial charge in [-0.1, -0.05) is 13.8 Å². The Morgan fingerprint density at radius 2 is 1.16 bits per heavy atom. The lowest BCUT2D eigenvalue weighted by Gasteiger charge is -2.24. The van der Waals surface area contributed by atoms with Crippen molar-refractivity contribution in [2.75, 3.05) is 0 Å². The fourth-order valence-corrected chi connectivity index (χ4v) is 2.31. The normalized spacial score (nSPS) is 14.6. The van der Waals surface area contributed by atoms with Crippen molar-refractivity contribution in [1.29, 1.82) is 0 Å². The Labute approximate surface area is 178 Å². The summed E-state index contributed by atoms with van der Waals surface area (Å²) in [6.45, 7) is 4.62. The van der Waals surface area contributed by atoms with Gasteiger partial charge in [0.2, 0.25) is 17.7 Å². The number of hydrogen-bond acceptors (Lipinski definition) is 7. The zero-order chi connectivity index (χ0) is 24.3. The van der Waals surface area contributed by atoms with Crippen molar-refractivity contribution < 1.29 is 44.1 Å². The number of amides is 3. The Hall–Kier alpha value is -3.22. The Kier molecular flexibility index (Phi) is 11.8. The first-order valence-electron chi connectivity index (χ1n) is 9.59. The van der Waals surface area contributed by atoms with Crippen molar-refractivity contribution in [3.63, 3.8) is 0 Å². The third-order valence-corrected chi connectivity index (χ3v) is 4.31. The Balaban J connectivity index is 5.12. The first-order valence-corrected chi connectivity index (χ1v) is 9.59. The summed E-state index contributed by atoms with van der Waals surface area (Å²) in [5.41, 5.74) is 5.73. The van der Waals surface area contributed by atoms with Crippen molar-refractivity contribution >= 4 is 35.6 Å². The number of nitrogens with one attached hydrogen (secondary N) is 3. The first-order chi connectivity index (χ1) is 14.3. The predicted octanol–water partition coefficient (Wildman–Crippen LogP) is -1.74. The van der Waals surface area contributed by atoms with Gasteiger partial charge < -0.3 is 37.0 Å². The van der Waals surface area contributed by atoms with Crippen LogP contribution in [0.5, 0.6) is 0 Å². The van der Waals surface area contributed by atoms with Crippen LogP contribution < -0.4 is 21.7 Å². The molecule has 0 aromatic heterocycles. The highest BCUT2D eigenvalue weighted by Gasteiger charge is 2.29. The van der Waals surface area contributed by atoms with E-state index < -0.39 is 72.6 Å². The molecule has 0 aliphatic rings. The largest absolute Gasteiger partial charge is 0.481 e. The third-order valence-electron chi connectivity index (χ3n) is 4.31. The molecule has 0 radical (unpaired) electrons. The molecule has 0 heterocycles. The fourth-order valence-electron chi connectivity index (χ4n) is 2.31. The second kappa shape index (κ2) is 13.2. The average Bonchev–Trinajstić information content (AvgIpc) is 2.66. The van der Waals surface area contributed by atoms with E-state index in [4.69, 9.17) is 21.1 Å². The summed E-state index contributed by atoms with van der Waals surface area (Å²) < 4.78 is 0. The molecule has 8 N–H and O–H groups in total. The summed E-state index contributed by atoms with van der Waals surface area (Å²) in [5.74, 6) is -6.54. The van der Waals surface area contributed by atoms with Gasteiger partial charge in [0.1, 0.15) is 18.1 Å². The molecule has 0 saturated heterocycles. The standard InChI is InChI=1S/C18H30N4O9/c1-8(2)14(19)17(29)21-10(4-6-12(23)24)16(28)20-9(3)15(27)22-11(18(30)31)5-7-13(25)26/h8-11,14H,4-7,19H2,1-3H3,(H,20,28)(H,21,29)(H,22,27)(H,23,24)(H,25,26)(H,30,31)/t9-,10-,11-,14-/m0/s1. The van der Waals surface area contributed by atoms with E-state index in [9.17, 15) is 28.8 Å². The van der Waals surface area contributed by atoms with E-state index in [1.165, 1.54) is 6.92 Å². The monoisotopic (exact) mass is 446 g/mol. The molecule has 0 bridgehead atoms. The van der Waals surface area contributed by atoms with Gasteiger partial charge in [-0.25, -0.2) is 4.79 Å². The molecule has 0 fully saturated rings. The molecule has 0 rings (SSSR count). The summed E-state index contributed by atoms with van der Waals surface area (Å²) in [6, 6.07) is -4.95. The topological polar surface area (TPSA) is 225 Å². The van der Waals surface area contributed by atoms with Crippen LogP contribution in [-0.2, 0) is 28.8 Å². The zero-order valence-corrected chi connectivity index (χ0v) is 17.6. The molecule has 4 atom stereocenters. The van der Waals surface area contributed by atoms with Gasteiger partial charge in [-0.2, -0.15) is 0 Å². The van der Waals surface area contributed by atoms with Crippen molar-refractivity contribution in [1.82, 2.24) is 16.0 Å². The number of carboxylic acids is 3. The van der Waals surface area contributed by atoms with Gasteiger partial charge in [0.15, 0.2) is 0 Å². The minimum absolute atomic E-state index is 0.244. The number of nitrogens with two attached hydrogens (primary N) is 1. The predicted molar refractivity (Wildman–Crippen MR) is 106 cm³/mol. The average molecular weight is 446 g/mol. The van der Waals surface area contributed by atoms with Crippen LogP contribution in [0.25, 0.3) is 0 Å². The number of rotatable bonds is 14. The molecular formula is C18H30N4O9. The van der Waals surface area contributed by atoms with Crippen LogP contribution in [-0.4, -0.2) is 75.1 Å². The van der Waals surface area contributed by atoms with Gasteiger partial charge in [0.25, 0.3) is 0 Å². The highest BCUT2D eigenvalue weighted by atomic mass is 16.4. The number of hydrogen-bond donors (Lipinski definition) is 7. The minimum atomic E-state index is -1.48. The van der Waals surface area contributed by atoms with E-state index in [1.54, 1.807) is 13.8 Å². The van der Waals surface area contributed by atoms with E-state index in [0.717, 1.165) is 0 Å². The zero-order valence-electron chi connectivity index (χ0n) is 17.6. The van der Waals surface area contributed by atoms with Crippen molar-refractivity contribution in [2.24, 2.45) is 11.7 Å². The van der Waals surface area contributed by atoms with Gasteiger partial charge in [0, 0.05) is 12.8 Å². The number of carboxylic acid groups (broad SMARTS) is 3. The highest BCUT2D eigenvalue weighted by Crippen LogP contribution is 2.04. The van der Waals surface area contributed by atoms with Gasteiger partial charge in [0.05, 0.1) is 6.04 Å². The molecule has 13 heteroatoms. The summed E-state index contributed by atoms with van der Waals surface area (Å²) in [7, 11) is 0. The molecule has 0 aromatic carbocycles. The molecule has 0 aliphatic heterocycles. The third kappa shape index (κ3) is 10.9. The summed E-state index contributed by atoms with van der Waals surface area (Å²) in [6.07, 6.45) is -1.55. The molecule has 13 nitrogen and oxygen atoms in total. The van der Waals surface area contributed by atoms with Gasteiger partial charge in [-0.15, -0.1) is 0 Å². The molecule has 0 unspecified atom stereocenters. The van der Waals surface area contributed by atoms with Crippen LogP contribution in [0.2, 0.25) is 0 Å². The van der Waals surface area contributed by atoms with Crippen LogP contribution in [0.15, 0.2) is 0 Å². The molecule has 31 heavy (non-hydrogen) atoms. The quantitative estimate of drug-likeness (QED) is 0.159. The lowest BCUT2D eigenvalue weighted by Crippen LogP contribution is -2.56. The molecule has 0 spiro atoms. The molecule has 0 saturated carbocycles. The van der Waals surface area contributed by atoms with Crippen molar-refractivity contribution in [2.45, 2.75) is 70.6 Å². The lowest BCUT2D eigenvalue weighted by molar-refractivity contribution is -0.143.